The van der Waals surface area contributed by atoms with Crippen molar-refractivity contribution in [2.45, 2.75) is 25.8 Å². The minimum absolute atomic E-state index is 0.243. The number of ether oxygens (including phenoxy) is 1. The van der Waals surface area contributed by atoms with Gasteiger partial charge in [-0.1, -0.05) is 13.3 Å². The first kappa shape index (κ1) is 12.7. The van der Waals surface area contributed by atoms with E-state index in [-0.39, 0.29) is 6.61 Å². The summed E-state index contributed by atoms with van der Waals surface area (Å²) in [5, 5.41) is 18.8. The molecule has 0 heterocycles. The van der Waals surface area contributed by atoms with Crippen molar-refractivity contribution in [1.82, 2.24) is 5.32 Å². The van der Waals surface area contributed by atoms with Gasteiger partial charge in [-0.15, -0.1) is 0 Å². The largest absolute Gasteiger partial charge is 0.465 e. The fraction of sp³-hybridized carbons (Fsp3) is 0.750. The van der Waals surface area contributed by atoms with E-state index in [0.717, 1.165) is 12.8 Å². The van der Waals surface area contributed by atoms with E-state index in [0.29, 0.717) is 0 Å². The third kappa shape index (κ3) is 5.36. The van der Waals surface area contributed by atoms with Crippen LogP contribution in [0.4, 0.5) is 4.79 Å². The lowest BCUT2D eigenvalue weighted by molar-refractivity contribution is -0.147. The maximum absolute atomic E-state index is 11.1. The van der Waals surface area contributed by atoms with Crippen LogP contribution in [0.1, 0.15) is 19.8 Å². The highest BCUT2D eigenvalue weighted by Gasteiger charge is 2.20. The number of carbonyl (C=O) groups is 2. The summed E-state index contributed by atoms with van der Waals surface area (Å²) < 4.78 is 4.71. The molecule has 0 aromatic rings. The number of unbranched alkanes of at least 4 members (excludes halogenated alkanes) is 1. The lowest BCUT2D eigenvalue weighted by Crippen LogP contribution is -2.43. The first-order valence-electron chi connectivity index (χ1n) is 4.38. The summed E-state index contributed by atoms with van der Waals surface area (Å²) in [5.74, 6) is -0.747. The van der Waals surface area contributed by atoms with E-state index in [1.807, 2.05) is 12.2 Å². The number of nitrogens with one attached hydrogen (secondary N) is 1. The molecule has 0 bridgehead atoms. The van der Waals surface area contributed by atoms with E-state index in [4.69, 9.17) is 14.9 Å². The zero-order valence-corrected chi connectivity index (χ0v) is 8.02. The number of esters is 1. The van der Waals surface area contributed by atoms with Gasteiger partial charge in [0.15, 0.2) is 6.04 Å². The molecule has 14 heavy (non-hydrogen) atoms. The van der Waals surface area contributed by atoms with Crippen molar-refractivity contribution in [1.29, 1.82) is 0 Å². The third-order valence-electron chi connectivity index (χ3n) is 1.51. The van der Waals surface area contributed by atoms with Crippen molar-refractivity contribution in [2.75, 3.05) is 13.2 Å². The molecule has 0 aliphatic carbocycles. The van der Waals surface area contributed by atoms with Gasteiger partial charge in [0, 0.05) is 0 Å². The van der Waals surface area contributed by atoms with E-state index in [1.54, 1.807) is 0 Å². The Morgan fingerprint density at radius 3 is 2.57 bits per heavy atom. The second-order valence-electron chi connectivity index (χ2n) is 2.71. The third-order valence-corrected chi connectivity index (χ3v) is 1.51. The SMILES string of the molecule is CCCCOC(=O)C(CO)NC(=O)O. The summed E-state index contributed by atoms with van der Waals surface area (Å²) in [4.78, 5) is 21.2. The van der Waals surface area contributed by atoms with Gasteiger partial charge in [0.05, 0.1) is 13.2 Å². The molecule has 1 amide bonds. The summed E-state index contributed by atoms with van der Waals surface area (Å²) in [5.41, 5.74) is 0. The minimum atomic E-state index is -1.36. The molecule has 0 saturated heterocycles. The normalized spacial score (nSPS) is 11.9. The van der Waals surface area contributed by atoms with Crippen LogP contribution in [0.5, 0.6) is 0 Å². The Labute approximate surface area is 81.9 Å². The number of amides is 1. The molecule has 82 valence electrons. The predicted molar refractivity (Wildman–Crippen MR) is 47.9 cm³/mol. The predicted octanol–water partition coefficient (Wildman–Crippen LogP) is -0.0418. The van der Waals surface area contributed by atoms with Crippen molar-refractivity contribution in [3.05, 3.63) is 0 Å². The first-order chi connectivity index (χ1) is 6.61. The van der Waals surface area contributed by atoms with Crippen molar-refractivity contribution < 1.29 is 24.5 Å². The Hall–Kier alpha value is -1.30. The standard InChI is InChI=1S/C8H15NO5/c1-2-3-4-14-7(11)6(5-10)9-8(12)13/h6,9-10H,2-5H2,1H3,(H,12,13). The highest BCUT2D eigenvalue weighted by atomic mass is 16.5. The highest BCUT2D eigenvalue weighted by Crippen LogP contribution is 1.93. The molecule has 6 nitrogen and oxygen atoms in total. The van der Waals surface area contributed by atoms with Gasteiger partial charge in [-0.3, -0.25) is 0 Å². The van der Waals surface area contributed by atoms with E-state index < -0.39 is 24.7 Å². The Kier molecular flexibility index (Phi) is 6.47. The van der Waals surface area contributed by atoms with Crippen LogP contribution in [-0.2, 0) is 9.53 Å². The van der Waals surface area contributed by atoms with Crippen LogP contribution in [0.2, 0.25) is 0 Å². The van der Waals surface area contributed by atoms with E-state index in [9.17, 15) is 9.59 Å². The average Bonchev–Trinajstić information content (AvgIpc) is 2.14. The Bertz CT molecular complexity index is 194. The molecule has 0 aromatic carbocycles. The van der Waals surface area contributed by atoms with E-state index in [1.165, 1.54) is 0 Å². The Balaban J connectivity index is 3.85. The van der Waals surface area contributed by atoms with Crippen LogP contribution in [0.25, 0.3) is 0 Å². The van der Waals surface area contributed by atoms with E-state index >= 15 is 0 Å². The van der Waals surface area contributed by atoms with Crippen molar-refractivity contribution in [3.63, 3.8) is 0 Å². The summed E-state index contributed by atoms with van der Waals surface area (Å²) in [6.45, 7) is 1.58. The number of aliphatic hydroxyl groups is 1. The zero-order chi connectivity index (χ0) is 11.0. The topological polar surface area (TPSA) is 95.9 Å². The molecule has 0 aromatic heterocycles. The van der Waals surface area contributed by atoms with Gasteiger partial charge in [0.2, 0.25) is 0 Å². The minimum Gasteiger partial charge on any atom is -0.465 e. The number of hydrogen-bond acceptors (Lipinski definition) is 4. The summed E-state index contributed by atoms with van der Waals surface area (Å²) in [6.07, 6.45) is 0.233. The van der Waals surface area contributed by atoms with Gasteiger partial charge in [-0.2, -0.15) is 0 Å². The van der Waals surface area contributed by atoms with Crippen LogP contribution >= 0.6 is 0 Å². The molecule has 0 aliphatic rings. The quantitative estimate of drug-likeness (QED) is 0.417. The number of rotatable bonds is 6. The molecular weight excluding hydrogens is 190 g/mol. The molecule has 0 saturated carbocycles. The second-order valence-corrected chi connectivity index (χ2v) is 2.71. The lowest BCUT2D eigenvalue weighted by Gasteiger charge is -2.12. The molecule has 0 fully saturated rings. The molecular formula is C8H15NO5. The van der Waals surface area contributed by atoms with Gasteiger partial charge >= 0.3 is 12.1 Å². The van der Waals surface area contributed by atoms with Crippen LogP contribution in [0.3, 0.4) is 0 Å². The smallest absolute Gasteiger partial charge is 0.405 e. The molecule has 3 N–H and O–H groups in total. The summed E-state index contributed by atoms with van der Waals surface area (Å²) >= 11 is 0. The van der Waals surface area contributed by atoms with Gasteiger partial charge in [0.25, 0.3) is 0 Å². The first-order valence-corrected chi connectivity index (χ1v) is 4.38. The molecule has 6 heteroatoms. The molecule has 0 rings (SSSR count). The van der Waals surface area contributed by atoms with Crippen LogP contribution in [0.15, 0.2) is 0 Å². The molecule has 0 radical (unpaired) electrons. The van der Waals surface area contributed by atoms with Gasteiger partial charge in [0.1, 0.15) is 0 Å². The van der Waals surface area contributed by atoms with Crippen molar-refractivity contribution in [2.24, 2.45) is 0 Å². The van der Waals surface area contributed by atoms with Crippen LogP contribution in [-0.4, -0.2) is 41.5 Å². The average molecular weight is 205 g/mol. The fourth-order valence-corrected chi connectivity index (χ4v) is 0.746. The molecule has 1 unspecified atom stereocenters. The highest BCUT2D eigenvalue weighted by molar-refractivity contribution is 5.80. The second kappa shape index (κ2) is 7.14. The maximum atomic E-state index is 11.1. The monoisotopic (exact) mass is 205 g/mol. The maximum Gasteiger partial charge on any atom is 0.405 e. The van der Waals surface area contributed by atoms with Crippen LogP contribution < -0.4 is 5.32 Å². The van der Waals surface area contributed by atoms with E-state index in [2.05, 4.69) is 0 Å². The summed E-state index contributed by atoms with van der Waals surface area (Å²) in [7, 11) is 0. The lowest BCUT2D eigenvalue weighted by atomic mass is 10.3. The van der Waals surface area contributed by atoms with Gasteiger partial charge in [-0.25, -0.2) is 9.59 Å². The molecule has 1 atom stereocenters. The summed E-state index contributed by atoms with van der Waals surface area (Å²) in [6, 6.07) is -1.19. The zero-order valence-electron chi connectivity index (χ0n) is 8.02. The number of aliphatic hydroxyl groups excluding tert-OH is 1. The van der Waals surface area contributed by atoms with Gasteiger partial charge in [-0.05, 0) is 6.42 Å². The fourth-order valence-electron chi connectivity index (χ4n) is 0.746. The molecule has 0 aliphatic heterocycles. The molecule has 0 spiro atoms. The van der Waals surface area contributed by atoms with Crippen LogP contribution in [0, 0.1) is 0 Å². The van der Waals surface area contributed by atoms with Crippen molar-refractivity contribution >= 4 is 12.1 Å². The number of carbonyl (C=O) groups excluding carboxylic acids is 1. The van der Waals surface area contributed by atoms with Gasteiger partial charge < -0.3 is 20.3 Å². The number of carboxylic acid groups (broad SMARTS) is 1. The van der Waals surface area contributed by atoms with Crippen molar-refractivity contribution in [3.8, 4) is 0 Å². The number of hydrogen-bond donors (Lipinski definition) is 3. The Morgan fingerprint density at radius 1 is 1.50 bits per heavy atom. The Morgan fingerprint density at radius 2 is 2.14 bits per heavy atom.